The molecular formula is C12H13NO2S. The van der Waals surface area contributed by atoms with Crippen molar-refractivity contribution in [2.75, 3.05) is 6.61 Å². The smallest absolute Gasteiger partial charge is 0.330 e. The third kappa shape index (κ3) is 3.47. The maximum atomic E-state index is 11.1. The average Bonchev–Trinajstić information content (AvgIpc) is 2.27. The largest absolute Gasteiger partial charge is 0.463 e. The Balaban J connectivity index is 2.88. The summed E-state index contributed by atoms with van der Waals surface area (Å²) < 4.78 is 4.77. The summed E-state index contributed by atoms with van der Waals surface area (Å²) in [5, 5.41) is 0. The van der Waals surface area contributed by atoms with E-state index in [-0.39, 0.29) is 5.97 Å². The van der Waals surface area contributed by atoms with Crippen LogP contribution < -0.4 is 5.73 Å². The molecule has 0 aliphatic rings. The minimum atomic E-state index is -0.375. The van der Waals surface area contributed by atoms with Crippen LogP contribution in [0.5, 0.6) is 0 Å². The Kier molecular flexibility index (Phi) is 4.66. The van der Waals surface area contributed by atoms with Crippen LogP contribution in [0.1, 0.15) is 18.1 Å². The van der Waals surface area contributed by atoms with Crippen LogP contribution in [-0.4, -0.2) is 17.6 Å². The predicted molar refractivity (Wildman–Crippen MR) is 68.0 cm³/mol. The van der Waals surface area contributed by atoms with Gasteiger partial charge in [0.25, 0.3) is 0 Å². The second-order valence-electron chi connectivity index (χ2n) is 3.04. The second-order valence-corrected chi connectivity index (χ2v) is 3.48. The number of esters is 1. The highest BCUT2D eigenvalue weighted by Gasteiger charge is 2.01. The fraction of sp³-hybridized carbons (Fsp3) is 0.167. The summed E-state index contributed by atoms with van der Waals surface area (Å²) in [7, 11) is 0. The molecule has 1 aromatic rings. The summed E-state index contributed by atoms with van der Waals surface area (Å²) >= 11 is 4.91. The number of ether oxygens (including phenoxy) is 1. The van der Waals surface area contributed by atoms with E-state index in [1.165, 1.54) is 6.08 Å². The zero-order valence-electron chi connectivity index (χ0n) is 8.97. The average molecular weight is 235 g/mol. The van der Waals surface area contributed by atoms with E-state index in [0.29, 0.717) is 11.6 Å². The number of thiocarbonyl (C=S) groups is 1. The molecule has 0 unspecified atom stereocenters. The number of rotatable bonds is 4. The van der Waals surface area contributed by atoms with Crippen LogP contribution in [0.2, 0.25) is 0 Å². The van der Waals surface area contributed by atoms with Gasteiger partial charge in [-0.2, -0.15) is 0 Å². The third-order valence-electron chi connectivity index (χ3n) is 1.91. The Morgan fingerprint density at radius 2 is 2.19 bits per heavy atom. The number of nitrogens with two attached hydrogens (primary N) is 1. The Bertz CT molecular complexity index is 427. The number of carbonyl (C=O) groups is 1. The van der Waals surface area contributed by atoms with Gasteiger partial charge in [0, 0.05) is 11.6 Å². The molecule has 0 aliphatic heterocycles. The fourth-order valence-electron chi connectivity index (χ4n) is 1.21. The summed E-state index contributed by atoms with van der Waals surface area (Å²) in [6.45, 7) is 2.12. The van der Waals surface area contributed by atoms with Crippen LogP contribution in [0.3, 0.4) is 0 Å². The first kappa shape index (κ1) is 12.4. The fourth-order valence-corrected chi connectivity index (χ4v) is 1.40. The molecule has 3 nitrogen and oxygen atoms in total. The molecule has 2 N–H and O–H groups in total. The molecule has 0 spiro atoms. The Morgan fingerprint density at radius 1 is 1.50 bits per heavy atom. The van der Waals surface area contributed by atoms with Gasteiger partial charge in [0.15, 0.2) is 0 Å². The standard InChI is InChI=1S/C12H13NO2S/c1-2-15-11(14)8-7-9-5-3-4-6-10(9)12(13)16/h3-8H,2H2,1H3,(H2,13,16). The van der Waals surface area contributed by atoms with Gasteiger partial charge in [0.2, 0.25) is 0 Å². The first-order valence-electron chi connectivity index (χ1n) is 4.88. The minimum Gasteiger partial charge on any atom is -0.463 e. The highest BCUT2D eigenvalue weighted by atomic mass is 32.1. The second kappa shape index (κ2) is 6.02. The van der Waals surface area contributed by atoms with Crippen LogP contribution >= 0.6 is 12.2 Å². The SMILES string of the molecule is CCOC(=O)C=Cc1ccccc1C(N)=S. The molecule has 0 atom stereocenters. The van der Waals surface area contributed by atoms with Gasteiger partial charge < -0.3 is 10.5 Å². The minimum absolute atomic E-state index is 0.309. The summed E-state index contributed by atoms with van der Waals surface area (Å²) in [5.74, 6) is -0.375. The highest BCUT2D eigenvalue weighted by molar-refractivity contribution is 7.80. The summed E-state index contributed by atoms with van der Waals surface area (Å²) in [5.41, 5.74) is 7.12. The van der Waals surface area contributed by atoms with E-state index in [0.717, 1.165) is 11.1 Å². The molecule has 0 bridgehead atoms. The molecule has 16 heavy (non-hydrogen) atoms. The van der Waals surface area contributed by atoms with Crippen LogP contribution in [0.15, 0.2) is 30.3 Å². The topological polar surface area (TPSA) is 52.3 Å². The first-order valence-corrected chi connectivity index (χ1v) is 5.29. The van der Waals surface area contributed by atoms with Crippen molar-refractivity contribution in [3.8, 4) is 0 Å². The molecule has 0 saturated carbocycles. The Morgan fingerprint density at radius 3 is 2.81 bits per heavy atom. The van der Waals surface area contributed by atoms with Gasteiger partial charge in [-0.1, -0.05) is 36.5 Å². The van der Waals surface area contributed by atoms with Gasteiger partial charge in [-0.25, -0.2) is 4.79 Å². The maximum Gasteiger partial charge on any atom is 0.330 e. The van der Waals surface area contributed by atoms with Crippen molar-refractivity contribution in [1.29, 1.82) is 0 Å². The molecule has 84 valence electrons. The molecule has 0 aliphatic carbocycles. The maximum absolute atomic E-state index is 11.1. The van der Waals surface area contributed by atoms with E-state index < -0.39 is 0 Å². The molecule has 1 rings (SSSR count). The summed E-state index contributed by atoms with van der Waals surface area (Å²) in [6.07, 6.45) is 3.01. The number of carbonyl (C=O) groups excluding carboxylic acids is 1. The van der Waals surface area contributed by atoms with Gasteiger partial charge >= 0.3 is 5.97 Å². The Labute approximate surface area is 99.9 Å². The van der Waals surface area contributed by atoms with Gasteiger partial charge in [-0.3, -0.25) is 0 Å². The van der Waals surface area contributed by atoms with E-state index >= 15 is 0 Å². The van der Waals surface area contributed by atoms with E-state index in [1.807, 2.05) is 24.3 Å². The van der Waals surface area contributed by atoms with E-state index in [4.69, 9.17) is 22.7 Å². The molecule has 0 saturated heterocycles. The normalized spacial score (nSPS) is 10.3. The van der Waals surface area contributed by atoms with Crippen molar-refractivity contribution >= 4 is 29.3 Å². The van der Waals surface area contributed by atoms with Crippen molar-refractivity contribution in [1.82, 2.24) is 0 Å². The molecule has 0 radical (unpaired) electrons. The monoisotopic (exact) mass is 235 g/mol. The van der Waals surface area contributed by atoms with Crippen molar-refractivity contribution in [3.05, 3.63) is 41.5 Å². The van der Waals surface area contributed by atoms with Crippen LogP contribution in [0.4, 0.5) is 0 Å². The zero-order valence-corrected chi connectivity index (χ0v) is 9.79. The number of hydrogen-bond donors (Lipinski definition) is 1. The zero-order chi connectivity index (χ0) is 12.0. The van der Waals surface area contributed by atoms with Crippen LogP contribution in [0, 0.1) is 0 Å². The lowest BCUT2D eigenvalue weighted by Crippen LogP contribution is -2.10. The molecular weight excluding hydrogens is 222 g/mol. The first-order chi connectivity index (χ1) is 7.65. The lowest BCUT2D eigenvalue weighted by Gasteiger charge is -2.02. The number of benzene rings is 1. The van der Waals surface area contributed by atoms with Crippen molar-refractivity contribution < 1.29 is 9.53 Å². The van der Waals surface area contributed by atoms with Crippen LogP contribution in [0.25, 0.3) is 6.08 Å². The number of hydrogen-bond acceptors (Lipinski definition) is 3. The lowest BCUT2D eigenvalue weighted by atomic mass is 10.1. The summed E-state index contributed by atoms with van der Waals surface area (Å²) in [4.78, 5) is 11.4. The van der Waals surface area contributed by atoms with E-state index in [2.05, 4.69) is 0 Å². The third-order valence-corrected chi connectivity index (χ3v) is 2.13. The van der Waals surface area contributed by atoms with Gasteiger partial charge in [-0.05, 0) is 18.6 Å². The summed E-state index contributed by atoms with van der Waals surface area (Å²) in [6, 6.07) is 7.35. The highest BCUT2D eigenvalue weighted by Crippen LogP contribution is 2.10. The van der Waals surface area contributed by atoms with Crippen LogP contribution in [-0.2, 0) is 9.53 Å². The molecule has 1 aromatic carbocycles. The van der Waals surface area contributed by atoms with Crippen molar-refractivity contribution in [2.24, 2.45) is 5.73 Å². The van der Waals surface area contributed by atoms with Crippen molar-refractivity contribution in [3.63, 3.8) is 0 Å². The lowest BCUT2D eigenvalue weighted by molar-refractivity contribution is -0.137. The van der Waals surface area contributed by atoms with Gasteiger partial charge in [-0.15, -0.1) is 0 Å². The van der Waals surface area contributed by atoms with Crippen molar-refractivity contribution in [2.45, 2.75) is 6.92 Å². The van der Waals surface area contributed by atoms with Gasteiger partial charge in [0.05, 0.1) is 6.61 Å². The predicted octanol–water partition coefficient (Wildman–Crippen LogP) is 1.90. The quantitative estimate of drug-likeness (QED) is 0.492. The Hall–Kier alpha value is -1.68. The molecule has 0 amide bonds. The molecule has 4 heteroatoms. The van der Waals surface area contributed by atoms with E-state index in [1.54, 1.807) is 13.0 Å². The van der Waals surface area contributed by atoms with Gasteiger partial charge in [0.1, 0.15) is 4.99 Å². The molecule has 0 heterocycles. The van der Waals surface area contributed by atoms with E-state index in [9.17, 15) is 4.79 Å². The molecule has 0 aromatic heterocycles. The molecule has 0 fully saturated rings.